The highest BCUT2D eigenvalue weighted by atomic mass is 79.9. The second-order valence-corrected chi connectivity index (χ2v) is 5.47. The molecule has 0 N–H and O–H groups in total. The van der Waals surface area contributed by atoms with Gasteiger partial charge in [-0.05, 0) is 45.8 Å². The number of fused-ring (bicyclic) bond motifs is 1. The third-order valence-corrected chi connectivity index (χ3v) is 4.02. The summed E-state index contributed by atoms with van der Waals surface area (Å²) < 4.78 is 11.4. The van der Waals surface area contributed by atoms with Crippen molar-refractivity contribution in [2.24, 2.45) is 0 Å². The highest BCUT2D eigenvalue weighted by Gasteiger charge is 2.13. The molecule has 2 heterocycles. The van der Waals surface area contributed by atoms with Crippen LogP contribution in [0.2, 0.25) is 0 Å². The third-order valence-electron chi connectivity index (χ3n) is 3.44. The second kappa shape index (κ2) is 6.27. The first-order chi connectivity index (χ1) is 10.7. The first-order valence-corrected chi connectivity index (χ1v) is 7.48. The van der Waals surface area contributed by atoms with Gasteiger partial charge in [0.1, 0.15) is 4.60 Å². The lowest BCUT2D eigenvalue weighted by Crippen LogP contribution is -1.99. The zero-order chi connectivity index (χ0) is 15.5. The molecule has 0 atom stereocenters. The fraction of sp³-hybridized carbons (Fsp3) is 0.188. The first kappa shape index (κ1) is 14.7. The van der Waals surface area contributed by atoms with E-state index >= 15 is 0 Å². The maximum absolute atomic E-state index is 5.39. The SMILES string of the molecule is COc1cc2c(Br)nnc(Cc3ccncc3)c2cc1OC. The molecule has 0 unspecified atom stereocenters. The van der Waals surface area contributed by atoms with E-state index in [2.05, 4.69) is 31.1 Å². The maximum Gasteiger partial charge on any atom is 0.161 e. The van der Waals surface area contributed by atoms with Crippen LogP contribution < -0.4 is 9.47 Å². The van der Waals surface area contributed by atoms with Crippen molar-refractivity contribution < 1.29 is 9.47 Å². The van der Waals surface area contributed by atoms with E-state index in [0.717, 1.165) is 22.0 Å². The Morgan fingerprint density at radius 2 is 1.59 bits per heavy atom. The van der Waals surface area contributed by atoms with Crippen molar-refractivity contribution in [3.8, 4) is 11.5 Å². The molecule has 0 radical (unpaired) electrons. The molecule has 0 fully saturated rings. The molecule has 6 heteroatoms. The Hall–Kier alpha value is -2.21. The van der Waals surface area contributed by atoms with E-state index < -0.39 is 0 Å². The minimum Gasteiger partial charge on any atom is -0.493 e. The fourth-order valence-electron chi connectivity index (χ4n) is 2.32. The summed E-state index contributed by atoms with van der Waals surface area (Å²) in [6, 6.07) is 7.78. The zero-order valence-electron chi connectivity index (χ0n) is 12.2. The van der Waals surface area contributed by atoms with Gasteiger partial charge >= 0.3 is 0 Å². The van der Waals surface area contributed by atoms with E-state index in [-0.39, 0.29) is 0 Å². The lowest BCUT2D eigenvalue weighted by atomic mass is 10.0. The van der Waals surface area contributed by atoms with E-state index in [0.29, 0.717) is 22.5 Å². The van der Waals surface area contributed by atoms with Gasteiger partial charge in [0.05, 0.1) is 19.9 Å². The molecule has 1 aromatic carbocycles. The third kappa shape index (κ3) is 2.74. The van der Waals surface area contributed by atoms with Crippen LogP contribution in [-0.4, -0.2) is 29.4 Å². The summed E-state index contributed by atoms with van der Waals surface area (Å²) in [4.78, 5) is 4.03. The van der Waals surface area contributed by atoms with Crippen molar-refractivity contribution in [3.05, 3.63) is 52.5 Å². The molecule has 3 rings (SSSR count). The van der Waals surface area contributed by atoms with Crippen molar-refractivity contribution in [1.82, 2.24) is 15.2 Å². The number of halogens is 1. The Labute approximate surface area is 136 Å². The Morgan fingerprint density at radius 3 is 2.23 bits per heavy atom. The molecule has 112 valence electrons. The number of methoxy groups -OCH3 is 2. The van der Waals surface area contributed by atoms with Gasteiger partial charge in [-0.25, -0.2) is 0 Å². The maximum atomic E-state index is 5.39. The lowest BCUT2D eigenvalue weighted by Gasteiger charge is -2.12. The number of rotatable bonds is 4. The molecule has 0 amide bonds. The predicted molar refractivity (Wildman–Crippen MR) is 87.4 cm³/mol. The number of nitrogens with zero attached hydrogens (tertiary/aromatic N) is 3. The van der Waals surface area contributed by atoms with Crippen molar-refractivity contribution in [1.29, 1.82) is 0 Å². The van der Waals surface area contributed by atoms with Crippen LogP contribution >= 0.6 is 15.9 Å². The molecule has 0 bridgehead atoms. The molecule has 5 nitrogen and oxygen atoms in total. The first-order valence-electron chi connectivity index (χ1n) is 6.68. The predicted octanol–water partition coefficient (Wildman–Crippen LogP) is 3.40. The number of hydrogen-bond donors (Lipinski definition) is 0. The summed E-state index contributed by atoms with van der Waals surface area (Å²) in [6.07, 6.45) is 4.22. The van der Waals surface area contributed by atoms with E-state index in [4.69, 9.17) is 9.47 Å². The van der Waals surface area contributed by atoms with Gasteiger partial charge in [0.15, 0.2) is 11.5 Å². The normalized spacial score (nSPS) is 10.7. The second-order valence-electron chi connectivity index (χ2n) is 4.72. The molecule has 22 heavy (non-hydrogen) atoms. The van der Waals surface area contributed by atoms with Crippen LogP contribution in [0.5, 0.6) is 11.5 Å². The number of pyridine rings is 1. The van der Waals surface area contributed by atoms with Crippen LogP contribution in [0.4, 0.5) is 0 Å². The monoisotopic (exact) mass is 359 g/mol. The Bertz CT molecular complexity index is 809. The summed E-state index contributed by atoms with van der Waals surface area (Å²) in [5.74, 6) is 1.34. The molecule has 0 aliphatic rings. The quantitative estimate of drug-likeness (QED) is 0.714. The van der Waals surface area contributed by atoms with Crippen molar-refractivity contribution in [2.45, 2.75) is 6.42 Å². The average molecular weight is 360 g/mol. The molecule has 0 aliphatic heterocycles. The minimum absolute atomic E-state index is 0.665. The van der Waals surface area contributed by atoms with Crippen molar-refractivity contribution in [2.75, 3.05) is 14.2 Å². The van der Waals surface area contributed by atoms with E-state index in [1.165, 1.54) is 0 Å². The topological polar surface area (TPSA) is 57.1 Å². The standard InChI is InChI=1S/C16H14BrN3O2/c1-21-14-8-11-12(9-15(14)22-2)16(17)20-19-13(11)7-10-3-5-18-6-4-10/h3-6,8-9H,7H2,1-2H3. The average Bonchev–Trinajstić information content (AvgIpc) is 2.57. The van der Waals surface area contributed by atoms with Crippen LogP contribution in [0.1, 0.15) is 11.3 Å². The molecule has 0 saturated heterocycles. The Kier molecular flexibility index (Phi) is 4.20. The molecule has 0 spiro atoms. The Balaban J connectivity index is 2.16. The van der Waals surface area contributed by atoms with Gasteiger partial charge in [-0.1, -0.05) is 0 Å². The van der Waals surface area contributed by atoms with Gasteiger partial charge in [0.25, 0.3) is 0 Å². The van der Waals surface area contributed by atoms with E-state index in [1.807, 2.05) is 24.3 Å². The molecule has 0 saturated carbocycles. The summed E-state index contributed by atoms with van der Waals surface area (Å²) in [6.45, 7) is 0. The van der Waals surface area contributed by atoms with Gasteiger partial charge < -0.3 is 9.47 Å². The Morgan fingerprint density at radius 1 is 0.955 bits per heavy atom. The van der Waals surface area contributed by atoms with Gasteiger partial charge in [-0.2, -0.15) is 5.10 Å². The summed E-state index contributed by atoms with van der Waals surface area (Å²) in [7, 11) is 3.24. The van der Waals surface area contributed by atoms with E-state index in [1.54, 1.807) is 26.6 Å². The molecule has 0 aliphatic carbocycles. The highest BCUT2D eigenvalue weighted by molar-refractivity contribution is 9.10. The fourth-order valence-corrected chi connectivity index (χ4v) is 2.73. The van der Waals surface area contributed by atoms with Gasteiger partial charge in [-0.15, -0.1) is 5.10 Å². The smallest absolute Gasteiger partial charge is 0.161 e. The molecule has 2 aromatic heterocycles. The van der Waals surface area contributed by atoms with Crippen molar-refractivity contribution in [3.63, 3.8) is 0 Å². The van der Waals surface area contributed by atoms with Gasteiger partial charge in [0, 0.05) is 29.6 Å². The number of aromatic nitrogens is 3. The minimum atomic E-state index is 0.665. The number of hydrogen-bond acceptors (Lipinski definition) is 5. The van der Waals surface area contributed by atoms with Crippen LogP contribution in [0, 0.1) is 0 Å². The number of ether oxygens (including phenoxy) is 2. The number of benzene rings is 1. The zero-order valence-corrected chi connectivity index (χ0v) is 13.8. The van der Waals surface area contributed by atoms with Crippen LogP contribution in [0.3, 0.4) is 0 Å². The largest absolute Gasteiger partial charge is 0.493 e. The molecular formula is C16H14BrN3O2. The lowest BCUT2D eigenvalue weighted by molar-refractivity contribution is 0.356. The van der Waals surface area contributed by atoms with Crippen LogP contribution in [0.25, 0.3) is 10.8 Å². The van der Waals surface area contributed by atoms with Crippen LogP contribution in [-0.2, 0) is 6.42 Å². The van der Waals surface area contributed by atoms with Crippen LogP contribution in [0.15, 0.2) is 41.3 Å². The van der Waals surface area contributed by atoms with Gasteiger partial charge in [-0.3, -0.25) is 4.98 Å². The van der Waals surface area contributed by atoms with Crippen molar-refractivity contribution >= 4 is 26.7 Å². The summed E-state index contributed by atoms with van der Waals surface area (Å²) in [5.41, 5.74) is 2.01. The van der Waals surface area contributed by atoms with Gasteiger partial charge in [0.2, 0.25) is 0 Å². The highest BCUT2D eigenvalue weighted by Crippen LogP contribution is 2.35. The molecular weight excluding hydrogens is 346 g/mol. The summed E-state index contributed by atoms with van der Waals surface area (Å²) in [5, 5.41) is 10.4. The molecule has 3 aromatic rings. The summed E-state index contributed by atoms with van der Waals surface area (Å²) >= 11 is 3.45. The van der Waals surface area contributed by atoms with E-state index in [9.17, 15) is 0 Å².